The fourth-order valence-corrected chi connectivity index (χ4v) is 2.41. The second-order valence-electron chi connectivity index (χ2n) is 4.44. The summed E-state index contributed by atoms with van der Waals surface area (Å²) in [6.45, 7) is 0.174. The third kappa shape index (κ3) is 2.53. The van der Waals surface area contributed by atoms with Gasteiger partial charge in [-0.3, -0.25) is 0 Å². The van der Waals surface area contributed by atoms with Gasteiger partial charge in [-0.1, -0.05) is 41.9 Å². The molecule has 0 bridgehead atoms. The third-order valence-corrected chi connectivity index (χ3v) is 3.39. The minimum atomic E-state index is -0.616. The Balaban J connectivity index is 1.84. The lowest BCUT2D eigenvalue weighted by Gasteiger charge is -2.12. The predicted octanol–water partition coefficient (Wildman–Crippen LogP) is 3.34. The largest absolute Gasteiger partial charge is 0.454 e. The molecule has 98 valence electrons. The molecule has 1 atom stereocenters. The van der Waals surface area contributed by atoms with E-state index in [2.05, 4.69) is 0 Å². The highest BCUT2D eigenvalue weighted by molar-refractivity contribution is 6.32. The van der Waals surface area contributed by atoms with Gasteiger partial charge in [0.2, 0.25) is 6.79 Å². The molecule has 1 aliphatic heterocycles. The van der Waals surface area contributed by atoms with Gasteiger partial charge in [-0.25, -0.2) is 0 Å². The van der Waals surface area contributed by atoms with Crippen LogP contribution < -0.4 is 9.47 Å². The third-order valence-electron chi connectivity index (χ3n) is 3.11. The second-order valence-corrected chi connectivity index (χ2v) is 4.85. The molecule has 0 aliphatic carbocycles. The van der Waals surface area contributed by atoms with Gasteiger partial charge in [0.1, 0.15) is 0 Å². The number of rotatable bonds is 3. The molecule has 1 aliphatic rings. The van der Waals surface area contributed by atoms with Crippen LogP contribution in [0.15, 0.2) is 42.5 Å². The molecule has 3 rings (SSSR count). The molecule has 0 spiro atoms. The molecule has 0 radical (unpaired) electrons. The molecule has 0 aromatic heterocycles. The lowest BCUT2D eigenvalue weighted by atomic mass is 10.0. The van der Waals surface area contributed by atoms with Crippen LogP contribution in [0.4, 0.5) is 0 Å². The number of ether oxygens (including phenoxy) is 2. The maximum Gasteiger partial charge on any atom is 0.231 e. The van der Waals surface area contributed by atoms with E-state index in [1.54, 1.807) is 12.1 Å². The van der Waals surface area contributed by atoms with E-state index in [1.807, 2.05) is 30.3 Å². The van der Waals surface area contributed by atoms with E-state index in [1.165, 1.54) is 0 Å². The molecule has 1 heterocycles. The lowest BCUT2D eigenvalue weighted by Crippen LogP contribution is -2.01. The zero-order valence-corrected chi connectivity index (χ0v) is 10.9. The Morgan fingerprint density at radius 3 is 2.74 bits per heavy atom. The minimum Gasteiger partial charge on any atom is -0.454 e. The summed E-state index contributed by atoms with van der Waals surface area (Å²) in [6.07, 6.45) is -0.0778. The number of halogens is 1. The molecule has 0 fully saturated rings. The molecule has 1 N–H and O–H groups in total. The average Bonchev–Trinajstić information content (AvgIpc) is 2.88. The lowest BCUT2D eigenvalue weighted by molar-refractivity contribution is 0.171. The van der Waals surface area contributed by atoms with Crippen molar-refractivity contribution in [3.05, 3.63) is 58.6 Å². The summed E-state index contributed by atoms with van der Waals surface area (Å²) in [5.41, 5.74) is 1.81. The van der Waals surface area contributed by atoms with Gasteiger partial charge < -0.3 is 14.6 Å². The first-order chi connectivity index (χ1) is 9.24. The quantitative estimate of drug-likeness (QED) is 0.934. The number of aliphatic hydroxyl groups is 1. The highest BCUT2D eigenvalue weighted by Gasteiger charge is 2.20. The minimum absolute atomic E-state index is 0.174. The van der Waals surface area contributed by atoms with Crippen LogP contribution >= 0.6 is 11.6 Å². The topological polar surface area (TPSA) is 38.7 Å². The molecule has 19 heavy (non-hydrogen) atoms. The molecule has 2 aromatic rings. The smallest absolute Gasteiger partial charge is 0.231 e. The molecule has 0 amide bonds. The van der Waals surface area contributed by atoms with Gasteiger partial charge in [0, 0.05) is 6.42 Å². The first kappa shape index (κ1) is 12.3. The number of hydrogen-bond donors (Lipinski definition) is 1. The van der Waals surface area contributed by atoms with Crippen LogP contribution in [-0.2, 0) is 6.42 Å². The van der Waals surface area contributed by atoms with Crippen LogP contribution in [0.5, 0.6) is 11.5 Å². The van der Waals surface area contributed by atoms with Crippen molar-refractivity contribution in [2.45, 2.75) is 12.5 Å². The summed E-state index contributed by atoms with van der Waals surface area (Å²) in [5.74, 6) is 1.15. The van der Waals surface area contributed by atoms with Gasteiger partial charge in [0.05, 0.1) is 11.1 Å². The fraction of sp³-hybridized carbons (Fsp3) is 0.200. The van der Waals surface area contributed by atoms with Gasteiger partial charge in [0.25, 0.3) is 0 Å². The van der Waals surface area contributed by atoms with Crippen molar-refractivity contribution >= 4 is 11.6 Å². The Bertz CT molecular complexity index is 583. The van der Waals surface area contributed by atoms with E-state index >= 15 is 0 Å². The molecule has 4 heteroatoms. The van der Waals surface area contributed by atoms with Crippen LogP contribution in [0.2, 0.25) is 5.02 Å². The Hall–Kier alpha value is -1.71. The van der Waals surface area contributed by atoms with Crippen molar-refractivity contribution in [2.75, 3.05) is 6.79 Å². The Morgan fingerprint density at radius 2 is 1.95 bits per heavy atom. The summed E-state index contributed by atoms with van der Waals surface area (Å²) in [4.78, 5) is 0. The number of fused-ring (bicyclic) bond motifs is 1. The van der Waals surface area contributed by atoms with Crippen molar-refractivity contribution in [3.8, 4) is 11.5 Å². The van der Waals surface area contributed by atoms with Gasteiger partial charge >= 0.3 is 0 Å². The summed E-state index contributed by atoms with van der Waals surface area (Å²) >= 11 is 6.11. The molecule has 3 nitrogen and oxygen atoms in total. The van der Waals surface area contributed by atoms with Crippen molar-refractivity contribution in [1.82, 2.24) is 0 Å². The Labute approximate surface area is 116 Å². The van der Waals surface area contributed by atoms with Gasteiger partial charge in [0.15, 0.2) is 11.5 Å². The van der Waals surface area contributed by atoms with Crippen LogP contribution in [0.1, 0.15) is 17.2 Å². The fourth-order valence-electron chi connectivity index (χ4n) is 2.13. The monoisotopic (exact) mass is 276 g/mol. The van der Waals surface area contributed by atoms with Gasteiger partial charge in [-0.2, -0.15) is 0 Å². The highest BCUT2D eigenvalue weighted by atomic mass is 35.5. The van der Waals surface area contributed by atoms with Crippen molar-refractivity contribution in [1.29, 1.82) is 0 Å². The summed E-state index contributed by atoms with van der Waals surface area (Å²) in [5, 5.41) is 10.7. The molecule has 0 saturated heterocycles. The molecule has 2 aromatic carbocycles. The zero-order valence-electron chi connectivity index (χ0n) is 10.2. The standard InChI is InChI=1S/C15H13ClO3/c16-12-7-11(8-14-15(12)19-9-18-14)13(17)6-10-4-2-1-3-5-10/h1-5,7-8,13,17H,6,9H2. The van der Waals surface area contributed by atoms with Crippen LogP contribution in [0, 0.1) is 0 Å². The Morgan fingerprint density at radius 1 is 1.16 bits per heavy atom. The zero-order chi connectivity index (χ0) is 13.2. The normalized spacial score (nSPS) is 14.4. The SMILES string of the molecule is OC(Cc1ccccc1)c1cc(Cl)c2c(c1)OCO2. The maximum absolute atomic E-state index is 10.3. The van der Waals surface area contributed by atoms with Crippen molar-refractivity contribution in [3.63, 3.8) is 0 Å². The van der Waals surface area contributed by atoms with Crippen molar-refractivity contribution in [2.24, 2.45) is 0 Å². The van der Waals surface area contributed by atoms with Gasteiger partial charge in [-0.05, 0) is 23.3 Å². The van der Waals surface area contributed by atoms with E-state index < -0.39 is 6.10 Å². The molecule has 1 unspecified atom stereocenters. The summed E-state index contributed by atoms with van der Waals surface area (Å²) in [7, 11) is 0. The molecular formula is C15H13ClO3. The highest BCUT2D eigenvalue weighted by Crippen LogP contribution is 2.41. The maximum atomic E-state index is 10.3. The van der Waals surface area contributed by atoms with E-state index in [0.717, 1.165) is 11.1 Å². The van der Waals surface area contributed by atoms with Crippen LogP contribution in [0.25, 0.3) is 0 Å². The molecular weight excluding hydrogens is 264 g/mol. The molecule has 0 saturated carbocycles. The Kier molecular flexibility index (Phi) is 3.32. The van der Waals surface area contributed by atoms with Gasteiger partial charge in [-0.15, -0.1) is 0 Å². The summed E-state index contributed by atoms with van der Waals surface area (Å²) < 4.78 is 10.5. The first-order valence-corrected chi connectivity index (χ1v) is 6.43. The van der Waals surface area contributed by atoms with Crippen LogP contribution in [-0.4, -0.2) is 11.9 Å². The number of benzene rings is 2. The number of hydrogen-bond acceptors (Lipinski definition) is 3. The average molecular weight is 277 g/mol. The number of aliphatic hydroxyl groups excluding tert-OH is 1. The first-order valence-electron chi connectivity index (χ1n) is 6.05. The van der Waals surface area contributed by atoms with E-state index in [9.17, 15) is 5.11 Å². The van der Waals surface area contributed by atoms with E-state index in [4.69, 9.17) is 21.1 Å². The second kappa shape index (κ2) is 5.11. The van der Waals surface area contributed by atoms with E-state index in [-0.39, 0.29) is 6.79 Å². The van der Waals surface area contributed by atoms with Crippen LogP contribution in [0.3, 0.4) is 0 Å². The van der Waals surface area contributed by atoms with Crippen molar-refractivity contribution < 1.29 is 14.6 Å². The predicted molar refractivity (Wildman–Crippen MR) is 72.7 cm³/mol. The summed E-state index contributed by atoms with van der Waals surface area (Å²) in [6, 6.07) is 13.3. The van der Waals surface area contributed by atoms with E-state index in [0.29, 0.717) is 22.9 Å².